The highest BCUT2D eigenvalue weighted by molar-refractivity contribution is 5.35. The van der Waals surface area contributed by atoms with Crippen molar-refractivity contribution in [3.05, 3.63) is 42.0 Å². The molecule has 1 aliphatic rings. The molecule has 1 N–H and O–H groups in total. The molecular formula is C18H27NO. The predicted molar refractivity (Wildman–Crippen MR) is 85.3 cm³/mol. The lowest BCUT2D eigenvalue weighted by Crippen LogP contribution is -2.42. The molecule has 2 rings (SSSR count). The highest BCUT2D eigenvalue weighted by Crippen LogP contribution is 2.29. The van der Waals surface area contributed by atoms with Gasteiger partial charge in [0, 0.05) is 12.0 Å². The second kappa shape index (κ2) is 7.49. The molecule has 2 heteroatoms. The van der Waals surface area contributed by atoms with Crippen LogP contribution in [0.25, 0.3) is 0 Å². The maximum absolute atomic E-state index is 5.94. The van der Waals surface area contributed by atoms with Crippen LogP contribution in [-0.4, -0.2) is 19.2 Å². The largest absolute Gasteiger partial charge is 0.493 e. The topological polar surface area (TPSA) is 21.3 Å². The third kappa shape index (κ3) is 4.11. The number of hydrogen-bond donors (Lipinski definition) is 1. The van der Waals surface area contributed by atoms with Crippen LogP contribution < -0.4 is 10.1 Å². The molecule has 2 nitrogen and oxygen atoms in total. The van der Waals surface area contributed by atoms with Crippen LogP contribution in [0.15, 0.2) is 36.4 Å². The fourth-order valence-electron chi connectivity index (χ4n) is 2.85. The first-order valence-electron chi connectivity index (χ1n) is 7.79. The molecular weight excluding hydrogens is 246 g/mol. The van der Waals surface area contributed by atoms with Gasteiger partial charge in [0.25, 0.3) is 0 Å². The van der Waals surface area contributed by atoms with Crippen molar-refractivity contribution in [3.8, 4) is 5.75 Å². The minimum atomic E-state index is 0.528. The normalized spacial score (nSPS) is 19.0. The summed E-state index contributed by atoms with van der Waals surface area (Å²) in [6, 6.07) is 8.95. The lowest BCUT2D eigenvalue weighted by molar-refractivity contribution is 0.179. The van der Waals surface area contributed by atoms with Gasteiger partial charge in [0.2, 0.25) is 0 Å². The molecule has 0 saturated heterocycles. The van der Waals surface area contributed by atoms with Crippen molar-refractivity contribution in [2.45, 2.75) is 45.6 Å². The Labute approximate surface area is 123 Å². The lowest BCUT2D eigenvalue weighted by Gasteiger charge is -2.32. The Balaban J connectivity index is 2.00. The Hall–Kier alpha value is -1.28. The summed E-state index contributed by atoms with van der Waals surface area (Å²) in [5.41, 5.74) is 2.62. The van der Waals surface area contributed by atoms with E-state index >= 15 is 0 Å². The van der Waals surface area contributed by atoms with Crippen molar-refractivity contribution in [2.24, 2.45) is 5.92 Å². The maximum atomic E-state index is 5.94. The molecule has 0 aliphatic carbocycles. The van der Waals surface area contributed by atoms with Crippen molar-refractivity contribution in [2.75, 3.05) is 13.2 Å². The Bertz CT molecular complexity index is 441. The molecule has 2 unspecified atom stereocenters. The van der Waals surface area contributed by atoms with Gasteiger partial charge in [0.05, 0.1) is 6.61 Å². The van der Waals surface area contributed by atoms with E-state index in [4.69, 9.17) is 4.74 Å². The van der Waals surface area contributed by atoms with Crippen LogP contribution in [0.3, 0.4) is 0 Å². The maximum Gasteiger partial charge on any atom is 0.122 e. The Morgan fingerprint density at radius 1 is 1.45 bits per heavy atom. The highest BCUT2D eigenvalue weighted by Gasteiger charge is 2.26. The molecule has 0 saturated carbocycles. The molecule has 2 atom stereocenters. The summed E-state index contributed by atoms with van der Waals surface area (Å²) >= 11 is 0. The van der Waals surface area contributed by atoms with Crippen LogP contribution in [0, 0.1) is 5.92 Å². The molecule has 0 bridgehead atoms. The van der Waals surface area contributed by atoms with Gasteiger partial charge in [0.15, 0.2) is 0 Å². The van der Waals surface area contributed by atoms with Crippen molar-refractivity contribution in [1.82, 2.24) is 5.32 Å². The van der Waals surface area contributed by atoms with Crippen molar-refractivity contribution in [1.29, 1.82) is 0 Å². The molecule has 1 aromatic carbocycles. The number of ether oxygens (including phenoxy) is 1. The van der Waals surface area contributed by atoms with E-state index in [0.29, 0.717) is 12.0 Å². The zero-order valence-electron chi connectivity index (χ0n) is 12.8. The molecule has 0 radical (unpaired) electrons. The Morgan fingerprint density at radius 2 is 2.25 bits per heavy atom. The average Bonchev–Trinajstić information content (AvgIpc) is 2.46. The molecule has 1 heterocycles. The Kier molecular flexibility index (Phi) is 5.66. The standard InChI is InChI=1S/C18H27NO/c1-4-11-19-17(10-9-14(2)3)16-12-15-7-5-6-8-18(15)20-13-16/h5-8,16-17,19H,2,4,9-13H2,1,3H3. The first-order valence-corrected chi connectivity index (χ1v) is 7.79. The number of benzene rings is 1. The van der Waals surface area contributed by atoms with Crippen LogP contribution in [0.5, 0.6) is 5.75 Å². The first-order chi connectivity index (χ1) is 9.70. The summed E-state index contributed by atoms with van der Waals surface area (Å²) in [7, 11) is 0. The van der Waals surface area contributed by atoms with Gasteiger partial charge in [-0.2, -0.15) is 0 Å². The van der Waals surface area contributed by atoms with Crippen molar-refractivity contribution >= 4 is 0 Å². The number of nitrogens with one attached hydrogen (secondary N) is 1. The fraction of sp³-hybridized carbons (Fsp3) is 0.556. The molecule has 20 heavy (non-hydrogen) atoms. The zero-order valence-corrected chi connectivity index (χ0v) is 12.8. The summed E-state index contributed by atoms with van der Waals surface area (Å²) in [6.45, 7) is 10.3. The monoisotopic (exact) mass is 273 g/mol. The molecule has 1 aliphatic heterocycles. The van der Waals surface area contributed by atoms with E-state index in [0.717, 1.165) is 38.2 Å². The number of hydrogen-bond acceptors (Lipinski definition) is 2. The van der Waals surface area contributed by atoms with Crippen LogP contribution in [0.2, 0.25) is 0 Å². The second-order valence-corrected chi connectivity index (χ2v) is 5.94. The third-order valence-corrected chi connectivity index (χ3v) is 4.02. The SMILES string of the molecule is C=C(C)CCC(NCCC)C1COc2ccccc2C1. The summed E-state index contributed by atoms with van der Waals surface area (Å²) < 4.78 is 5.94. The predicted octanol–water partition coefficient (Wildman–Crippen LogP) is 3.96. The number of para-hydroxylation sites is 1. The molecule has 0 aromatic heterocycles. The molecule has 1 aromatic rings. The van der Waals surface area contributed by atoms with E-state index in [1.54, 1.807) is 0 Å². The van der Waals surface area contributed by atoms with Gasteiger partial charge in [-0.3, -0.25) is 0 Å². The van der Waals surface area contributed by atoms with Crippen LogP contribution in [0.1, 0.15) is 38.7 Å². The van der Waals surface area contributed by atoms with Gasteiger partial charge in [-0.1, -0.05) is 30.7 Å². The highest BCUT2D eigenvalue weighted by atomic mass is 16.5. The quantitative estimate of drug-likeness (QED) is 0.759. The van der Waals surface area contributed by atoms with Crippen LogP contribution in [0.4, 0.5) is 0 Å². The first kappa shape index (κ1) is 15.1. The van der Waals surface area contributed by atoms with E-state index < -0.39 is 0 Å². The smallest absolute Gasteiger partial charge is 0.122 e. The van der Waals surface area contributed by atoms with Gasteiger partial charge >= 0.3 is 0 Å². The van der Waals surface area contributed by atoms with E-state index in [1.807, 2.05) is 6.07 Å². The molecule has 0 fully saturated rings. The van der Waals surface area contributed by atoms with Gasteiger partial charge in [0.1, 0.15) is 5.75 Å². The number of allylic oxidation sites excluding steroid dienone is 1. The summed E-state index contributed by atoms with van der Waals surface area (Å²) in [6.07, 6.45) is 4.55. The van der Waals surface area contributed by atoms with Gasteiger partial charge in [-0.25, -0.2) is 0 Å². The molecule has 0 spiro atoms. The zero-order chi connectivity index (χ0) is 14.4. The summed E-state index contributed by atoms with van der Waals surface area (Å²) in [5, 5.41) is 3.70. The summed E-state index contributed by atoms with van der Waals surface area (Å²) in [5.74, 6) is 1.63. The fourth-order valence-corrected chi connectivity index (χ4v) is 2.85. The van der Waals surface area contributed by atoms with E-state index in [1.165, 1.54) is 17.6 Å². The number of rotatable bonds is 7. The van der Waals surface area contributed by atoms with Crippen LogP contribution >= 0.6 is 0 Å². The summed E-state index contributed by atoms with van der Waals surface area (Å²) in [4.78, 5) is 0. The van der Waals surface area contributed by atoms with Gasteiger partial charge in [-0.05, 0) is 50.8 Å². The van der Waals surface area contributed by atoms with E-state index in [2.05, 4.69) is 43.9 Å². The third-order valence-electron chi connectivity index (χ3n) is 4.02. The average molecular weight is 273 g/mol. The van der Waals surface area contributed by atoms with Crippen molar-refractivity contribution < 1.29 is 4.74 Å². The minimum Gasteiger partial charge on any atom is -0.493 e. The number of fused-ring (bicyclic) bond motifs is 1. The second-order valence-electron chi connectivity index (χ2n) is 5.94. The Morgan fingerprint density at radius 3 is 3.00 bits per heavy atom. The van der Waals surface area contributed by atoms with E-state index in [-0.39, 0.29) is 0 Å². The lowest BCUT2D eigenvalue weighted by atomic mass is 9.87. The molecule has 0 amide bonds. The minimum absolute atomic E-state index is 0.528. The van der Waals surface area contributed by atoms with Gasteiger partial charge in [-0.15, -0.1) is 6.58 Å². The van der Waals surface area contributed by atoms with Crippen molar-refractivity contribution in [3.63, 3.8) is 0 Å². The van der Waals surface area contributed by atoms with Crippen LogP contribution in [-0.2, 0) is 6.42 Å². The van der Waals surface area contributed by atoms with Gasteiger partial charge < -0.3 is 10.1 Å². The van der Waals surface area contributed by atoms with E-state index in [9.17, 15) is 0 Å². The molecule has 110 valence electrons.